The topological polar surface area (TPSA) is 52.7 Å². The van der Waals surface area contributed by atoms with Crippen molar-refractivity contribution in [3.05, 3.63) is 63.9 Å². The van der Waals surface area contributed by atoms with Crippen molar-refractivity contribution in [2.75, 3.05) is 31.5 Å². The zero-order valence-corrected chi connectivity index (χ0v) is 16.8. The Hall–Kier alpha value is -2.15. The molecule has 0 bridgehead atoms. The molecule has 8 heteroatoms. The Labute approximate surface area is 173 Å². The summed E-state index contributed by atoms with van der Waals surface area (Å²) >= 11 is 11.6. The monoisotopic (exact) mass is 423 g/mol. The maximum Gasteiger partial charge on any atom is 0.253 e. The van der Waals surface area contributed by atoms with Gasteiger partial charge in [-0.3, -0.25) is 14.5 Å². The van der Waals surface area contributed by atoms with Gasteiger partial charge in [-0.25, -0.2) is 4.39 Å². The molecule has 3 rings (SSSR count). The molecule has 0 spiro atoms. The molecule has 0 aromatic heterocycles. The van der Waals surface area contributed by atoms with E-state index >= 15 is 0 Å². The highest BCUT2D eigenvalue weighted by Gasteiger charge is 2.28. The summed E-state index contributed by atoms with van der Waals surface area (Å²) in [5.74, 6) is -0.788. The molecular weight excluding hydrogens is 404 g/mol. The van der Waals surface area contributed by atoms with Gasteiger partial charge in [0, 0.05) is 42.5 Å². The van der Waals surface area contributed by atoms with Crippen LogP contribution in [0.15, 0.2) is 42.5 Å². The van der Waals surface area contributed by atoms with Crippen molar-refractivity contribution in [2.24, 2.45) is 0 Å². The van der Waals surface area contributed by atoms with Crippen molar-refractivity contribution < 1.29 is 14.0 Å². The van der Waals surface area contributed by atoms with Gasteiger partial charge in [0.2, 0.25) is 5.91 Å². The maximum atomic E-state index is 13.2. The van der Waals surface area contributed by atoms with E-state index in [-0.39, 0.29) is 16.8 Å². The fourth-order valence-corrected chi connectivity index (χ4v) is 3.38. The van der Waals surface area contributed by atoms with E-state index in [1.54, 1.807) is 36.1 Å². The number of piperazine rings is 1. The van der Waals surface area contributed by atoms with Gasteiger partial charge < -0.3 is 10.2 Å². The Morgan fingerprint density at radius 2 is 1.68 bits per heavy atom. The number of halogens is 3. The largest absolute Gasteiger partial charge is 0.336 e. The van der Waals surface area contributed by atoms with Gasteiger partial charge in [-0.05, 0) is 49.4 Å². The molecule has 1 unspecified atom stereocenters. The average Bonchev–Trinajstić information content (AvgIpc) is 2.70. The van der Waals surface area contributed by atoms with Crippen LogP contribution in [0.1, 0.15) is 17.3 Å². The highest BCUT2D eigenvalue weighted by Crippen LogP contribution is 2.20. The summed E-state index contributed by atoms with van der Waals surface area (Å²) in [5.41, 5.74) is 1.04. The summed E-state index contributed by atoms with van der Waals surface area (Å²) < 4.78 is 13.2. The minimum atomic E-state index is -0.533. The Morgan fingerprint density at radius 1 is 1.04 bits per heavy atom. The molecule has 148 valence electrons. The number of rotatable bonds is 4. The van der Waals surface area contributed by atoms with Crippen LogP contribution in [0.2, 0.25) is 10.0 Å². The third-order valence-corrected chi connectivity index (χ3v) is 5.35. The number of benzene rings is 2. The van der Waals surface area contributed by atoms with Crippen LogP contribution in [0.5, 0.6) is 0 Å². The molecule has 2 amide bonds. The Morgan fingerprint density at radius 3 is 2.29 bits per heavy atom. The average molecular weight is 424 g/mol. The van der Waals surface area contributed by atoms with Crippen molar-refractivity contribution in [3.63, 3.8) is 0 Å². The number of carbonyl (C=O) groups excluding carboxylic acids is 2. The molecule has 1 aliphatic rings. The number of nitrogens with zero attached hydrogens (tertiary/aromatic N) is 2. The van der Waals surface area contributed by atoms with Crippen molar-refractivity contribution in [2.45, 2.75) is 13.0 Å². The number of anilines is 1. The maximum absolute atomic E-state index is 13.2. The Balaban J connectivity index is 1.54. The van der Waals surface area contributed by atoms with E-state index in [1.807, 2.05) is 4.90 Å². The molecule has 2 aromatic rings. The molecule has 1 N–H and O–H groups in total. The number of nitrogens with one attached hydrogen (secondary N) is 1. The molecule has 0 radical (unpaired) electrons. The van der Waals surface area contributed by atoms with Gasteiger partial charge in [-0.2, -0.15) is 0 Å². The van der Waals surface area contributed by atoms with Crippen LogP contribution in [0.4, 0.5) is 10.1 Å². The Bertz CT molecular complexity index is 868. The lowest BCUT2D eigenvalue weighted by atomic mass is 10.1. The molecule has 1 saturated heterocycles. The third kappa shape index (κ3) is 4.82. The quantitative estimate of drug-likeness (QED) is 0.810. The van der Waals surface area contributed by atoms with E-state index in [2.05, 4.69) is 5.32 Å². The van der Waals surface area contributed by atoms with E-state index < -0.39 is 11.9 Å². The van der Waals surface area contributed by atoms with Crippen LogP contribution < -0.4 is 5.32 Å². The summed E-state index contributed by atoms with van der Waals surface area (Å²) in [6.45, 7) is 4.02. The first kappa shape index (κ1) is 20.6. The predicted octanol–water partition coefficient (Wildman–Crippen LogP) is 3.92. The third-order valence-electron chi connectivity index (χ3n) is 4.81. The molecule has 28 heavy (non-hydrogen) atoms. The van der Waals surface area contributed by atoms with Crippen LogP contribution in [0.25, 0.3) is 0 Å². The number of carbonyl (C=O) groups is 2. The van der Waals surface area contributed by atoms with E-state index in [0.717, 1.165) is 0 Å². The summed E-state index contributed by atoms with van der Waals surface area (Å²) in [5, 5.41) is 3.29. The van der Waals surface area contributed by atoms with Crippen LogP contribution in [0, 0.1) is 5.82 Å². The number of hydrogen-bond acceptors (Lipinski definition) is 3. The molecule has 2 aromatic carbocycles. The van der Waals surface area contributed by atoms with Crippen LogP contribution in [-0.4, -0.2) is 53.8 Å². The predicted molar refractivity (Wildman–Crippen MR) is 108 cm³/mol. The van der Waals surface area contributed by atoms with Gasteiger partial charge in [-0.15, -0.1) is 0 Å². The summed E-state index contributed by atoms with van der Waals surface area (Å²) in [7, 11) is 0. The second kappa shape index (κ2) is 8.90. The fraction of sp³-hybridized carbons (Fsp3) is 0.300. The first-order chi connectivity index (χ1) is 13.3. The second-order valence-corrected chi connectivity index (χ2v) is 7.47. The molecule has 1 fully saturated rings. The van der Waals surface area contributed by atoms with Crippen LogP contribution in [0.3, 0.4) is 0 Å². The highest BCUT2D eigenvalue weighted by molar-refractivity contribution is 6.31. The van der Waals surface area contributed by atoms with E-state index in [9.17, 15) is 14.0 Å². The minimum absolute atomic E-state index is 0.0419. The zero-order valence-electron chi connectivity index (χ0n) is 15.3. The minimum Gasteiger partial charge on any atom is -0.336 e. The van der Waals surface area contributed by atoms with Gasteiger partial charge in [0.15, 0.2) is 0 Å². The molecule has 0 aliphatic carbocycles. The number of amides is 2. The summed E-state index contributed by atoms with van der Waals surface area (Å²) in [4.78, 5) is 28.8. The first-order valence-electron chi connectivity index (χ1n) is 8.90. The van der Waals surface area contributed by atoms with Gasteiger partial charge in [0.05, 0.1) is 11.1 Å². The molecule has 0 saturated carbocycles. The van der Waals surface area contributed by atoms with Gasteiger partial charge in [-0.1, -0.05) is 23.2 Å². The summed E-state index contributed by atoms with van der Waals surface area (Å²) in [6.07, 6.45) is 0. The molecule has 5 nitrogen and oxygen atoms in total. The highest BCUT2D eigenvalue weighted by atomic mass is 35.5. The zero-order chi connectivity index (χ0) is 20.3. The van der Waals surface area contributed by atoms with Gasteiger partial charge >= 0.3 is 0 Å². The smallest absolute Gasteiger partial charge is 0.253 e. The molecule has 1 aliphatic heterocycles. The Kier molecular flexibility index (Phi) is 6.54. The lowest BCUT2D eigenvalue weighted by molar-refractivity contribution is -0.121. The molecule has 1 atom stereocenters. The van der Waals surface area contributed by atoms with Crippen molar-refractivity contribution in [3.8, 4) is 0 Å². The standard InChI is InChI=1S/C20H20Cl2FN3O2/c1-13(19(27)24-16-6-7-18(23)17(22)12-16)25-8-10-26(11-9-25)20(28)14-2-4-15(21)5-3-14/h2-7,12-13H,8-11H2,1H3,(H,24,27). The van der Waals surface area contributed by atoms with Crippen molar-refractivity contribution >= 4 is 40.7 Å². The van der Waals surface area contributed by atoms with Crippen molar-refractivity contribution in [1.29, 1.82) is 0 Å². The second-order valence-electron chi connectivity index (χ2n) is 6.63. The van der Waals surface area contributed by atoms with Gasteiger partial charge in [0.1, 0.15) is 5.82 Å². The van der Waals surface area contributed by atoms with Crippen LogP contribution in [-0.2, 0) is 4.79 Å². The first-order valence-corrected chi connectivity index (χ1v) is 9.65. The van der Waals surface area contributed by atoms with E-state index in [1.165, 1.54) is 18.2 Å². The lowest BCUT2D eigenvalue weighted by Gasteiger charge is -2.37. The molecule has 1 heterocycles. The molecular formula is C20H20Cl2FN3O2. The number of hydrogen-bond donors (Lipinski definition) is 1. The van der Waals surface area contributed by atoms with Crippen molar-refractivity contribution in [1.82, 2.24) is 9.80 Å². The lowest BCUT2D eigenvalue weighted by Crippen LogP contribution is -2.54. The van der Waals surface area contributed by atoms with Gasteiger partial charge in [0.25, 0.3) is 5.91 Å². The van der Waals surface area contributed by atoms with Crippen LogP contribution >= 0.6 is 23.2 Å². The normalized spacial score (nSPS) is 15.9. The summed E-state index contributed by atoms with van der Waals surface area (Å²) in [6, 6.07) is 10.5. The fourth-order valence-electron chi connectivity index (χ4n) is 3.07. The van der Waals surface area contributed by atoms with E-state index in [0.29, 0.717) is 42.5 Å². The van der Waals surface area contributed by atoms with E-state index in [4.69, 9.17) is 23.2 Å². The SMILES string of the molecule is CC(C(=O)Nc1ccc(F)c(Cl)c1)N1CCN(C(=O)c2ccc(Cl)cc2)CC1.